The lowest BCUT2D eigenvalue weighted by molar-refractivity contribution is -0.0638. The Hall–Kier alpha value is -3.73. The lowest BCUT2D eigenvalue weighted by atomic mass is 9.88. The number of H-pyrrole nitrogens is 1. The number of aromatic nitrogens is 2. The SMILES string of the molecule is CN(C)Cc1ncc(C(=O)NC(Cc2ccccc2)C(O)C(O)C(Cc2ccccc2)N(C(=O)O)C(C)(C)C)[nH]1. The summed E-state index contributed by atoms with van der Waals surface area (Å²) in [5.74, 6) is 0.121. The normalized spacial score (nSPS) is 14.8. The Labute approximate surface area is 235 Å². The van der Waals surface area contributed by atoms with E-state index in [1.807, 2.05) is 79.7 Å². The van der Waals surface area contributed by atoms with Crippen LogP contribution in [0, 0.1) is 0 Å². The zero-order chi connectivity index (χ0) is 29.4. The summed E-state index contributed by atoms with van der Waals surface area (Å²) in [7, 11) is 3.78. The van der Waals surface area contributed by atoms with Crippen LogP contribution in [0.25, 0.3) is 0 Å². The van der Waals surface area contributed by atoms with Gasteiger partial charge in [-0.2, -0.15) is 0 Å². The summed E-state index contributed by atoms with van der Waals surface area (Å²) in [5.41, 5.74) is 0.994. The molecule has 0 spiro atoms. The minimum Gasteiger partial charge on any atom is -0.465 e. The predicted molar refractivity (Wildman–Crippen MR) is 153 cm³/mol. The van der Waals surface area contributed by atoms with Crippen LogP contribution in [0.15, 0.2) is 66.9 Å². The molecule has 5 N–H and O–H groups in total. The first-order valence-electron chi connectivity index (χ1n) is 13.3. The maximum absolute atomic E-state index is 13.2. The van der Waals surface area contributed by atoms with Gasteiger partial charge in [-0.15, -0.1) is 0 Å². The molecule has 0 saturated carbocycles. The summed E-state index contributed by atoms with van der Waals surface area (Å²) in [4.78, 5) is 36.0. The molecule has 4 unspecified atom stereocenters. The van der Waals surface area contributed by atoms with Gasteiger partial charge < -0.3 is 30.5 Å². The first-order chi connectivity index (χ1) is 18.9. The highest BCUT2D eigenvalue weighted by Gasteiger charge is 2.42. The molecule has 2 aromatic carbocycles. The van der Waals surface area contributed by atoms with Crippen LogP contribution < -0.4 is 5.32 Å². The Balaban J connectivity index is 1.94. The van der Waals surface area contributed by atoms with E-state index >= 15 is 0 Å². The Morgan fingerprint density at radius 3 is 1.98 bits per heavy atom. The highest BCUT2D eigenvalue weighted by molar-refractivity contribution is 5.92. The molecule has 0 saturated heterocycles. The molecule has 1 aromatic heterocycles. The number of imidazole rings is 1. The molecule has 3 aromatic rings. The first kappa shape index (κ1) is 30.8. The van der Waals surface area contributed by atoms with Gasteiger partial charge >= 0.3 is 6.09 Å². The number of aromatic amines is 1. The fraction of sp³-hybridized carbons (Fsp3) is 0.433. The molecule has 0 aliphatic heterocycles. The second-order valence-corrected chi connectivity index (χ2v) is 11.3. The van der Waals surface area contributed by atoms with E-state index in [2.05, 4.69) is 15.3 Å². The fourth-order valence-corrected chi connectivity index (χ4v) is 4.84. The van der Waals surface area contributed by atoms with E-state index in [4.69, 9.17) is 0 Å². The number of benzene rings is 2. The van der Waals surface area contributed by atoms with Crippen molar-refractivity contribution in [2.24, 2.45) is 0 Å². The summed E-state index contributed by atoms with van der Waals surface area (Å²) in [5, 5.41) is 36.2. The first-order valence-corrected chi connectivity index (χ1v) is 13.3. The number of hydrogen-bond donors (Lipinski definition) is 5. The molecular weight excluding hydrogens is 510 g/mol. The molecule has 0 aliphatic rings. The highest BCUT2D eigenvalue weighted by Crippen LogP contribution is 2.25. The minimum atomic E-state index is -1.52. The fourth-order valence-electron chi connectivity index (χ4n) is 4.84. The molecule has 0 bridgehead atoms. The molecule has 3 rings (SSSR count). The van der Waals surface area contributed by atoms with Gasteiger partial charge in [0.1, 0.15) is 23.7 Å². The second kappa shape index (κ2) is 13.6. The number of amides is 2. The largest absolute Gasteiger partial charge is 0.465 e. The molecule has 10 heteroatoms. The van der Waals surface area contributed by atoms with Crippen molar-refractivity contribution >= 4 is 12.0 Å². The van der Waals surface area contributed by atoms with E-state index < -0.39 is 41.8 Å². The van der Waals surface area contributed by atoms with E-state index in [0.29, 0.717) is 12.4 Å². The quantitative estimate of drug-likeness (QED) is 0.233. The molecule has 0 radical (unpaired) electrons. The number of nitrogens with zero attached hydrogens (tertiary/aromatic N) is 3. The van der Waals surface area contributed by atoms with Crippen molar-refractivity contribution in [3.63, 3.8) is 0 Å². The summed E-state index contributed by atoms with van der Waals surface area (Å²) in [6.07, 6.45) is -2.41. The van der Waals surface area contributed by atoms with Gasteiger partial charge in [-0.3, -0.25) is 9.69 Å². The van der Waals surface area contributed by atoms with Gasteiger partial charge in [0, 0.05) is 5.54 Å². The third-order valence-corrected chi connectivity index (χ3v) is 6.66. The zero-order valence-corrected chi connectivity index (χ0v) is 23.8. The third kappa shape index (κ3) is 8.38. The number of aliphatic hydroxyl groups excluding tert-OH is 2. The van der Waals surface area contributed by atoms with Crippen molar-refractivity contribution in [1.29, 1.82) is 0 Å². The standard InChI is InChI=1S/C30H41N5O5/c1-30(2,3)35(29(39)40)24(17-21-14-10-7-11-15-21)27(37)26(36)22(16-20-12-8-6-9-13-20)33-28(38)23-18-31-25(32-23)19-34(4)5/h6-15,18,22,24,26-27,36-37H,16-17,19H2,1-5H3,(H,31,32)(H,33,38)(H,39,40). The predicted octanol–water partition coefficient (Wildman–Crippen LogP) is 2.92. The van der Waals surface area contributed by atoms with Crippen LogP contribution in [0.1, 0.15) is 48.2 Å². The lowest BCUT2D eigenvalue weighted by Crippen LogP contribution is -2.62. The summed E-state index contributed by atoms with van der Waals surface area (Å²) >= 11 is 0. The average molecular weight is 552 g/mol. The lowest BCUT2D eigenvalue weighted by Gasteiger charge is -2.43. The van der Waals surface area contributed by atoms with Crippen LogP contribution in [0.2, 0.25) is 0 Å². The van der Waals surface area contributed by atoms with Crippen molar-refractivity contribution in [3.05, 3.63) is 89.5 Å². The van der Waals surface area contributed by atoms with Crippen LogP contribution in [-0.4, -0.2) is 91.0 Å². The smallest absolute Gasteiger partial charge is 0.408 e. The molecular formula is C30H41N5O5. The number of carboxylic acid groups (broad SMARTS) is 1. The minimum absolute atomic E-state index is 0.170. The van der Waals surface area contributed by atoms with Crippen molar-refractivity contribution in [3.8, 4) is 0 Å². The number of nitrogens with one attached hydrogen (secondary N) is 2. The van der Waals surface area contributed by atoms with Gasteiger partial charge in [-0.1, -0.05) is 60.7 Å². The Bertz CT molecular complexity index is 1230. The van der Waals surface area contributed by atoms with Gasteiger partial charge in [0.25, 0.3) is 5.91 Å². The van der Waals surface area contributed by atoms with E-state index in [9.17, 15) is 24.9 Å². The molecule has 10 nitrogen and oxygen atoms in total. The summed E-state index contributed by atoms with van der Waals surface area (Å²) in [6.45, 7) is 5.74. The molecule has 40 heavy (non-hydrogen) atoms. The van der Waals surface area contributed by atoms with Crippen LogP contribution in [-0.2, 0) is 19.4 Å². The van der Waals surface area contributed by atoms with Crippen LogP contribution in [0.3, 0.4) is 0 Å². The molecule has 1 heterocycles. The van der Waals surface area contributed by atoms with Crippen LogP contribution in [0.4, 0.5) is 4.79 Å². The van der Waals surface area contributed by atoms with Gasteiger partial charge in [0.15, 0.2) is 0 Å². The maximum atomic E-state index is 13.2. The number of carbonyl (C=O) groups excluding carboxylic acids is 1. The Kier molecular flexibility index (Phi) is 10.4. The van der Waals surface area contributed by atoms with Crippen molar-refractivity contribution in [2.45, 2.75) is 70.0 Å². The van der Waals surface area contributed by atoms with E-state index in [-0.39, 0.29) is 18.5 Å². The maximum Gasteiger partial charge on any atom is 0.408 e. The van der Waals surface area contributed by atoms with Crippen LogP contribution in [0.5, 0.6) is 0 Å². The van der Waals surface area contributed by atoms with E-state index in [1.54, 1.807) is 20.8 Å². The monoisotopic (exact) mass is 551 g/mol. The van der Waals surface area contributed by atoms with Gasteiger partial charge in [-0.25, -0.2) is 9.78 Å². The van der Waals surface area contributed by atoms with E-state index in [1.165, 1.54) is 11.1 Å². The number of carbonyl (C=O) groups is 2. The molecule has 0 fully saturated rings. The van der Waals surface area contributed by atoms with Crippen LogP contribution >= 0.6 is 0 Å². The van der Waals surface area contributed by atoms with E-state index in [0.717, 1.165) is 11.1 Å². The molecule has 216 valence electrons. The highest BCUT2D eigenvalue weighted by atomic mass is 16.4. The average Bonchev–Trinajstić information content (AvgIpc) is 3.35. The van der Waals surface area contributed by atoms with Gasteiger partial charge in [-0.05, 0) is 58.8 Å². The number of rotatable bonds is 12. The molecule has 4 atom stereocenters. The van der Waals surface area contributed by atoms with Gasteiger partial charge in [0.05, 0.1) is 24.8 Å². The van der Waals surface area contributed by atoms with Crippen molar-refractivity contribution in [2.75, 3.05) is 14.1 Å². The van der Waals surface area contributed by atoms with Crippen molar-refractivity contribution < 1.29 is 24.9 Å². The number of hydrogen-bond acceptors (Lipinski definition) is 6. The zero-order valence-electron chi connectivity index (χ0n) is 23.8. The molecule has 2 amide bonds. The Morgan fingerprint density at radius 1 is 0.925 bits per heavy atom. The number of aliphatic hydroxyl groups is 2. The third-order valence-electron chi connectivity index (χ3n) is 6.66. The topological polar surface area (TPSA) is 142 Å². The Morgan fingerprint density at radius 2 is 1.48 bits per heavy atom. The molecule has 0 aliphatic carbocycles. The van der Waals surface area contributed by atoms with Gasteiger partial charge in [0.2, 0.25) is 0 Å². The summed E-state index contributed by atoms with van der Waals surface area (Å²) < 4.78 is 0. The summed E-state index contributed by atoms with van der Waals surface area (Å²) in [6, 6.07) is 16.6. The second-order valence-electron chi connectivity index (χ2n) is 11.3. The van der Waals surface area contributed by atoms with Crippen molar-refractivity contribution in [1.82, 2.24) is 25.1 Å².